The summed E-state index contributed by atoms with van der Waals surface area (Å²) in [4.78, 5) is 11.5. The lowest BCUT2D eigenvalue weighted by molar-refractivity contribution is 0.101. The fraction of sp³-hybridized carbons (Fsp3) is 0.389. The molecule has 0 heterocycles. The van der Waals surface area contributed by atoms with Gasteiger partial charge in [-0.05, 0) is 48.7 Å². The molecular weight excluding hydrogens is 264 g/mol. The topological polar surface area (TPSA) is 35.5 Å². The monoisotopic (exact) mass is 286 g/mol. The van der Waals surface area contributed by atoms with Crippen LogP contribution in [-0.2, 0) is 0 Å². The van der Waals surface area contributed by atoms with Crippen molar-refractivity contribution < 1.29 is 14.3 Å². The van der Waals surface area contributed by atoms with E-state index in [1.54, 1.807) is 6.92 Å². The largest absolute Gasteiger partial charge is 0.490 e. The Balaban J connectivity index is 2.45. The molecule has 2 aromatic carbocycles. The Hall–Kier alpha value is -2.03. The Morgan fingerprint density at radius 1 is 0.905 bits per heavy atom. The summed E-state index contributed by atoms with van der Waals surface area (Å²) in [6.45, 7) is 7.04. The van der Waals surface area contributed by atoms with E-state index in [0.717, 1.165) is 35.1 Å². The first-order valence-electron chi connectivity index (χ1n) is 7.50. The van der Waals surface area contributed by atoms with Crippen molar-refractivity contribution in [2.45, 2.75) is 33.6 Å². The SMILES string of the molecule is CCCOc1cc2ccc(C(C)=O)cc2cc1OCCC. The summed E-state index contributed by atoms with van der Waals surface area (Å²) in [6.07, 6.45) is 1.90. The predicted octanol–water partition coefficient (Wildman–Crippen LogP) is 4.62. The number of rotatable bonds is 7. The van der Waals surface area contributed by atoms with Gasteiger partial charge in [0, 0.05) is 5.56 Å². The van der Waals surface area contributed by atoms with Crippen LogP contribution in [0.2, 0.25) is 0 Å². The van der Waals surface area contributed by atoms with Crippen LogP contribution < -0.4 is 9.47 Å². The van der Waals surface area contributed by atoms with Crippen LogP contribution in [0.4, 0.5) is 0 Å². The lowest BCUT2D eigenvalue weighted by Gasteiger charge is -2.13. The van der Waals surface area contributed by atoms with Crippen LogP contribution in [0.1, 0.15) is 44.0 Å². The van der Waals surface area contributed by atoms with Gasteiger partial charge in [0.2, 0.25) is 0 Å². The molecule has 0 atom stereocenters. The first-order chi connectivity index (χ1) is 10.2. The molecule has 3 heteroatoms. The summed E-state index contributed by atoms with van der Waals surface area (Å²) in [5.74, 6) is 1.59. The molecule has 2 rings (SSSR count). The van der Waals surface area contributed by atoms with Gasteiger partial charge in [0.15, 0.2) is 17.3 Å². The molecule has 2 aromatic rings. The van der Waals surface area contributed by atoms with Gasteiger partial charge in [-0.1, -0.05) is 26.0 Å². The van der Waals surface area contributed by atoms with Gasteiger partial charge in [-0.2, -0.15) is 0 Å². The summed E-state index contributed by atoms with van der Waals surface area (Å²) < 4.78 is 11.6. The third-order valence-corrected chi connectivity index (χ3v) is 3.23. The van der Waals surface area contributed by atoms with Crippen molar-refractivity contribution in [1.29, 1.82) is 0 Å². The third kappa shape index (κ3) is 3.75. The number of carbonyl (C=O) groups is 1. The highest BCUT2D eigenvalue weighted by molar-refractivity contribution is 5.99. The van der Waals surface area contributed by atoms with E-state index in [0.29, 0.717) is 18.8 Å². The highest BCUT2D eigenvalue weighted by Crippen LogP contribution is 2.33. The van der Waals surface area contributed by atoms with Gasteiger partial charge in [-0.15, -0.1) is 0 Å². The van der Waals surface area contributed by atoms with Crippen LogP contribution in [0.15, 0.2) is 30.3 Å². The minimum absolute atomic E-state index is 0.0687. The zero-order valence-electron chi connectivity index (χ0n) is 12.9. The molecular formula is C18H22O3. The minimum Gasteiger partial charge on any atom is -0.490 e. The number of fused-ring (bicyclic) bond motifs is 1. The molecule has 3 nitrogen and oxygen atoms in total. The van der Waals surface area contributed by atoms with E-state index in [9.17, 15) is 4.79 Å². The normalized spacial score (nSPS) is 10.6. The quantitative estimate of drug-likeness (QED) is 0.697. The van der Waals surface area contributed by atoms with E-state index in [4.69, 9.17) is 9.47 Å². The highest BCUT2D eigenvalue weighted by Gasteiger charge is 2.09. The van der Waals surface area contributed by atoms with Gasteiger partial charge < -0.3 is 9.47 Å². The molecule has 0 saturated carbocycles. The standard InChI is InChI=1S/C18H22O3/c1-4-8-20-17-11-15-7-6-14(13(3)19)10-16(15)12-18(17)21-9-5-2/h6-7,10-12H,4-5,8-9H2,1-3H3. The van der Waals surface area contributed by atoms with Crippen molar-refractivity contribution in [3.8, 4) is 11.5 Å². The lowest BCUT2D eigenvalue weighted by atomic mass is 10.0. The number of ketones is 1. The Kier molecular flexibility index (Phi) is 5.20. The number of hydrogen-bond donors (Lipinski definition) is 0. The number of Topliss-reactive ketones (excluding diaryl/α,β-unsaturated/α-hetero) is 1. The Labute approximate surface area is 125 Å². The summed E-state index contributed by atoms with van der Waals surface area (Å²) in [7, 11) is 0. The smallest absolute Gasteiger partial charge is 0.161 e. The molecule has 0 aromatic heterocycles. The fourth-order valence-corrected chi connectivity index (χ4v) is 2.12. The zero-order valence-corrected chi connectivity index (χ0v) is 12.9. The minimum atomic E-state index is 0.0687. The van der Waals surface area contributed by atoms with Gasteiger partial charge in [0.1, 0.15) is 0 Å². The average Bonchev–Trinajstić information content (AvgIpc) is 2.49. The summed E-state index contributed by atoms with van der Waals surface area (Å²) in [6, 6.07) is 9.65. The highest BCUT2D eigenvalue weighted by atomic mass is 16.5. The van der Waals surface area contributed by atoms with Crippen LogP contribution in [0, 0.1) is 0 Å². The molecule has 0 aliphatic rings. The number of hydrogen-bond acceptors (Lipinski definition) is 3. The van der Waals surface area contributed by atoms with Crippen LogP contribution in [-0.4, -0.2) is 19.0 Å². The number of ether oxygens (including phenoxy) is 2. The summed E-state index contributed by atoms with van der Waals surface area (Å²) >= 11 is 0. The Bertz CT molecular complexity index is 632. The Morgan fingerprint density at radius 3 is 2.00 bits per heavy atom. The molecule has 0 aliphatic heterocycles. The molecule has 0 saturated heterocycles. The van der Waals surface area contributed by atoms with Crippen LogP contribution in [0.25, 0.3) is 10.8 Å². The van der Waals surface area contributed by atoms with Crippen LogP contribution in [0.5, 0.6) is 11.5 Å². The first-order valence-corrected chi connectivity index (χ1v) is 7.50. The third-order valence-electron chi connectivity index (χ3n) is 3.23. The predicted molar refractivity (Wildman–Crippen MR) is 85.5 cm³/mol. The van der Waals surface area contributed by atoms with E-state index >= 15 is 0 Å². The van der Waals surface area contributed by atoms with E-state index in [1.807, 2.05) is 30.3 Å². The molecule has 112 valence electrons. The molecule has 0 spiro atoms. The molecule has 0 unspecified atom stereocenters. The van der Waals surface area contributed by atoms with Crippen molar-refractivity contribution in [1.82, 2.24) is 0 Å². The van der Waals surface area contributed by atoms with Crippen molar-refractivity contribution in [3.05, 3.63) is 35.9 Å². The van der Waals surface area contributed by atoms with Crippen molar-refractivity contribution in [3.63, 3.8) is 0 Å². The molecule has 21 heavy (non-hydrogen) atoms. The lowest BCUT2D eigenvalue weighted by Crippen LogP contribution is -2.01. The Morgan fingerprint density at radius 2 is 1.48 bits per heavy atom. The second-order valence-corrected chi connectivity index (χ2v) is 5.11. The number of carbonyl (C=O) groups excluding carboxylic acids is 1. The van der Waals surface area contributed by atoms with E-state index in [-0.39, 0.29) is 5.78 Å². The fourth-order valence-electron chi connectivity index (χ4n) is 2.12. The van der Waals surface area contributed by atoms with Gasteiger partial charge >= 0.3 is 0 Å². The van der Waals surface area contributed by atoms with Gasteiger partial charge in [-0.3, -0.25) is 4.79 Å². The maximum atomic E-state index is 11.5. The van der Waals surface area contributed by atoms with Crippen molar-refractivity contribution in [2.75, 3.05) is 13.2 Å². The molecule has 0 N–H and O–H groups in total. The van der Waals surface area contributed by atoms with E-state index in [1.165, 1.54) is 0 Å². The molecule has 0 fully saturated rings. The van der Waals surface area contributed by atoms with Crippen LogP contribution in [0.3, 0.4) is 0 Å². The van der Waals surface area contributed by atoms with Gasteiger partial charge in [0.05, 0.1) is 13.2 Å². The summed E-state index contributed by atoms with van der Waals surface area (Å²) in [5.41, 5.74) is 0.714. The van der Waals surface area contributed by atoms with E-state index < -0.39 is 0 Å². The van der Waals surface area contributed by atoms with Crippen molar-refractivity contribution in [2.24, 2.45) is 0 Å². The second-order valence-electron chi connectivity index (χ2n) is 5.11. The zero-order chi connectivity index (χ0) is 15.2. The van der Waals surface area contributed by atoms with Gasteiger partial charge in [0.25, 0.3) is 0 Å². The second kappa shape index (κ2) is 7.11. The maximum Gasteiger partial charge on any atom is 0.161 e. The summed E-state index contributed by atoms with van der Waals surface area (Å²) in [5, 5.41) is 2.05. The van der Waals surface area contributed by atoms with Crippen molar-refractivity contribution >= 4 is 16.6 Å². The average molecular weight is 286 g/mol. The van der Waals surface area contributed by atoms with Crippen LogP contribution >= 0.6 is 0 Å². The molecule has 0 bridgehead atoms. The maximum absolute atomic E-state index is 11.5. The first kappa shape index (κ1) is 15.4. The van der Waals surface area contributed by atoms with Gasteiger partial charge in [-0.25, -0.2) is 0 Å². The molecule has 0 radical (unpaired) electrons. The number of benzene rings is 2. The molecule has 0 amide bonds. The molecule has 0 aliphatic carbocycles. The van der Waals surface area contributed by atoms with E-state index in [2.05, 4.69) is 13.8 Å².